The fourth-order valence-corrected chi connectivity index (χ4v) is 1.75. The van der Waals surface area contributed by atoms with E-state index < -0.39 is 0 Å². The summed E-state index contributed by atoms with van der Waals surface area (Å²) in [4.78, 5) is 4.33. The van der Waals surface area contributed by atoms with Crippen molar-refractivity contribution >= 4 is 0 Å². The molecule has 0 saturated heterocycles. The highest BCUT2D eigenvalue weighted by atomic mass is 16.5. The van der Waals surface area contributed by atoms with Crippen LogP contribution in [-0.2, 0) is 0 Å². The molecular formula is C14H19N3O3. The number of aromatic nitrogens is 2. The second kappa shape index (κ2) is 5.92. The van der Waals surface area contributed by atoms with E-state index in [9.17, 15) is 0 Å². The maximum absolute atomic E-state index is 5.99. The summed E-state index contributed by atoms with van der Waals surface area (Å²) in [6, 6.07) is 5.18. The van der Waals surface area contributed by atoms with Gasteiger partial charge in [-0.05, 0) is 24.1 Å². The SMILES string of the molecule is COc1ccc(-c2noc([C@@H](N)C(C)C)n2)cc1OC. The van der Waals surface area contributed by atoms with Crippen LogP contribution in [0.15, 0.2) is 22.7 Å². The van der Waals surface area contributed by atoms with Gasteiger partial charge in [0.2, 0.25) is 11.7 Å². The van der Waals surface area contributed by atoms with Crippen LogP contribution < -0.4 is 15.2 Å². The van der Waals surface area contributed by atoms with E-state index in [-0.39, 0.29) is 12.0 Å². The number of nitrogens with zero attached hydrogens (tertiary/aromatic N) is 2. The number of rotatable bonds is 5. The highest BCUT2D eigenvalue weighted by molar-refractivity contribution is 5.60. The molecule has 2 aromatic rings. The molecule has 0 unspecified atom stereocenters. The third kappa shape index (κ3) is 2.75. The fraction of sp³-hybridized carbons (Fsp3) is 0.429. The largest absolute Gasteiger partial charge is 0.493 e. The molecule has 20 heavy (non-hydrogen) atoms. The normalized spacial score (nSPS) is 12.5. The Kier molecular flexibility index (Phi) is 4.24. The standard InChI is InChI=1S/C14H19N3O3/c1-8(2)12(15)14-16-13(17-20-14)9-5-6-10(18-3)11(7-9)19-4/h5-8,12H,15H2,1-4H3/t12-/m0/s1. The Balaban J connectivity index is 2.33. The monoisotopic (exact) mass is 277 g/mol. The lowest BCUT2D eigenvalue weighted by atomic mass is 10.1. The second-order valence-electron chi connectivity index (χ2n) is 4.80. The van der Waals surface area contributed by atoms with Crippen LogP contribution in [0.5, 0.6) is 11.5 Å². The van der Waals surface area contributed by atoms with Crippen molar-refractivity contribution < 1.29 is 14.0 Å². The Labute approximate surface area is 117 Å². The first-order valence-electron chi connectivity index (χ1n) is 6.38. The fourth-order valence-electron chi connectivity index (χ4n) is 1.75. The van der Waals surface area contributed by atoms with Gasteiger partial charge in [-0.2, -0.15) is 4.98 Å². The van der Waals surface area contributed by atoms with E-state index in [0.29, 0.717) is 23.2 Å². The smallest absolute Gasteiger partial charge is 0.244 e. The summed E-state index contributed by atoms with van der Waals surface area (Å²) >= 11 is 0. The summed E-state index contributed by atoms with van der Waals surface area (Å²) in [5.41, 5.74) is 6.78. The maximum atomic E-state index is 5.99. The molecule has 1 aromatic carbocycles. The Hall–Kier alpha value is -2.08. The zero-order valence-corrected chi connectivity index (χ0v) is 12.1. The van der Waals surface area contributed by atoms with Gasteiger partial charge in [-0.25, -0.2) is 0 Å². The number of methoxy groups -OCH3 is 2. The third-order valence-corrected chi connectivity index (χ3v) is 3.09. The Bertz CT molecular complexity index is 581. The molecule has 0 fully saturated rings. The van der Waals surface area contributed by atoms with Crippen molar-refractivity contribution in [3.05, 3.63) is 24.1 Å². The number of hydrogen-bond acceptors (Lipinski definition) is 6. The Morgan fingerprint density at radius 1 is 1.15 bits per heavy atom. The van der Waals surface area contributed by atoms with Crippen LogP contribution in [0.25, 0.3) is 11.4 Å². The van der Waals surface area contributed by atoms with Gasteiger partial charge in [0.1, 0.15) is 0 Å². The zero-order valence-electron chi connectivity index (χ0n) is 12.1. The highest BCUT2D eigenvalue weighted by Gasteiger charge is 2.19. The molecule has 6 nitrogen and oxygen atoms in total. The van der Waals surface area contributed by atoms with Crippen molar-refractivity contribution in [3.63, 3.8) is 0 Å². The lowest BCUT2D eigenvalue weighted by molar-refractivity contribution is 0.325. The summed E-state index contributed by atoms with van der Waals surface area (Å²) < 4.78 is 15.7. The zero-order chi connectivity index (χ0) is 14.7. The van der Waals surface area contributed by atoms with Gasteiger partial charge in [0.05, 0.1) is 20.3 Å². The van der Waals surface area contributed by atoms with Gasteiger partial charge in [-0.15, -0.1) is 0 Å². The summed E-state index contributed by atoms with van der Waals surface area (Å²) in [5, 5.41) is 3.96. The number of nitrogens with two attached hydrogens (primary N) is 1. The van der Waals surface area contributed by atoms with Crippen molar-refractivity contribution in [3.8, 4) is 22.9 Å². The highest BCUT2D eigenvalue weighted by Crippen LogP contribution is 2.31. The van der Waals surface area contributed by atoms with Gasteiger partial charge in [0.25, 0.3) is 0 Å². The van der Waals surface area contributed by atoms with Crippen molar-refractivity contribution in [2.24, 2.45) is 11.7 Å². The van der Waals surface area contributed by atoms with Crippen molar-refractivity contribution in [2.75, 3.05) is 14.2 Å². The molecule has 0 spiro atoms. The van der Waals surface area contributed by atoms with Gasteiger partial charge in [0, 0.05) is 5.56 Å². The average molecular weight is 277 g/mol. The second-order valence-corrected chi connectivity index (χ2v) is 4.80. The van der Waals surface area contributed by atoms with Gasteiger partial charge >= 0.3 is 0 Å². The number of ether oxygens (including phenoxy) is 2. The molecule has 0 amide bonds. The first-order valence-corrected chi connectivity index (χ1v) is 6.38. The van der Waals surface area contributed by atoms with Crippen molar-refractivity contribution in [2.45, 2.75) is 19.9 Å². The molecule has 1 atom stereocenters. The number of benzene rings is 1. The molecule has 1 aromatic heterocycles. The van der Waals surface area contributed by atoms with Gasteiger partial charge in [-0.1, -0.05) is 19.0 Å². The first-order chi connectivity index (χ1) is 9.56. The molecule has 108 valence electrons. The molecule has 0 aliphatic rings. The van der Waals surface area contributed by atoms with Gasteiger partial charge in [0.15, 0.2) is 11.5 Å². The maximum Gasteiger partial charge on any atom is 0.244 e. The van der Waals surface area contributed by atoms with E-state index in [1.54, 1.807) is 26.4 Å². The van der Waals surface area contributed by atoms with Crippen molar-refractivity contribution in [1.29, 1.82) is 0 Å². The summed E-state index contributed by atoms with van der Waals surface area (Å²) in [5.74, 6) is 2.42. The molecule has 0 aliphatic carbocycles. The molecular weight excluding hydrogens is 258 g/mol. The summed E-state index contributed by atoms with van der Waals surface area (Å²) in [6.07, 6.45) is 0. The Morgan fingerprint density at radius 2 is 1.85 bits per heavy atom. The van der Waals surface area contributed by atoms with Crippen LogP contribution in [0.2, 0.25) is 0 Å². The van der Waals surface area contributed by atoms with Gasteiger partial charge in [-0.3, -0.25) is 0 Å². The van der Waals surface area contributed by atoms with E-state index in [1.165, 1.54) is 0 Å². The summed E-state index contributed by atoms with van der Waals surface area (Å²) in [6.45, 7) is 4.01. The van der Waals surface area contributed by atoms with E-state index in [0.717, 1.165) is 5.56 Å². The van der Waals surface area contributed by atoms with Crippen molar-refractivity contribution in [1.82, 2.24) is 10.1 Å². The van der Waals surface area contributed by atoms with E-state index in [1.807, 2.05) is 19.9 Å². The minimum absolute atomic E-state index is 0.230. The molecule has 0 radical (unpaired) electrons. The molecule has 6 heteroatoms. The van der Waals surface area contributed by atoms with Crippen LogP contribution >= 0.6 is 0 Å². The Morgan fingerprint density at radius 3 is 2.45 bits per heavy atom. The van der Waals surface area contributed by atoms with Gasteiger partial charge < -0.3 is 19.7 Å². The minimum atomic E-state index is -0.267. The molecule has 0 aliphatic heterocycles. The molecule has 1 heterocycles. The third-order valence-electron chi connectivity index (χ3n) is 3.09. The predicted octanol–water partition coefficient (Wildman–Crippen LogP) is 2.41. The molecule has 2 N–H and O–H groups in total. The van der Waals surface area contributed by atoms with E-state index >= 15 is 0 Å². The van der Waals surface area contributed by atoms with E-state index in [4.69, 9.17) is 19.7 Å². The minimum Gasteiger partial charge on any atom is -0.493 e. The van der Waals surface area contributed by atoms with Crippen LogP contribution in [0.3, 0.4) is 0 Å². The van der Waals surface area contributed by atoms with Crippen LogP contribution in [0.4, 0.5) is 0 Å². The molecule has 2 rings (SSSR count). The lowest BCUT2D eigenvalue weighted by Crippen LogP contribution is -2.16. The lowest BCUT2D eigenvalue weighted by Gasteiger charge is -2.09. The molecule has 0 bridgehead atoms. The quantitative estimate of drug-likeness (QED) is 0.903. The average Bonchev–Trinajstić information content (AvgIpc) is 2.95. The van der Waals surface area contributed by atoms with Crippen LogP contribution in [0, 0.1) is 5.92 Å². The number of hydrogen-bond donors (Lipinski definition) is 1. The summed E-state index contributed by atoms with van der Waals surface area (Å²) in [7, 11) is 3.17. The topological polar surface area (TPSA) is 83.4 Å². The van der Waals surface area contributed by atoms with E-state index in [2.05, 4.69) is 10.1 Å². The van der Waals surface area contributed by atoms with Crippen LogP contribution in [-0.4, -0.2) is 24.4 Å². The van der Waals surface area contributed by atoms with Crippen LogP contribution in [0.1, 0.15) is 25.8 Å². The first kappa shape index (κ1) is 14.3. The molecule has 0 saturated carbocycles. The predicted molar refractivity (Wildman–Crippen MR) is 74.6 cm³/mol.